The lowest BCUT2D eigenvalue weighted by Crippen LogP contribution is -2.10. The van der Waals surface area contributed by atoms with Gasteiger partial charge in [-0.3, -0.25) is 0 Å². The van der Waals surface area contributed by atoms with Crippen LogP contribution in [0.25, 0.3) is 22.3 Å². The quantitative estimate of drug-likeness (QED) is 0.413. The van der Waals surface area contributed by atoms with E-state index in [0.29, 0.717) is 11.5 Å². The van der Waals surface area contributed by atoms with Crippen molar-refractivity contribution < 1.29 is 4.39 Å². The zero-order chi connectivity index (χ0) is 20.2. The topological polar surface area (TPSA) is 0 Å². The van der Waals surface area contributed by atoms with Gasteiger partial charge in [-0.25, -0.2) is 4.39 Å². The molecule has 0 nitrogen and oxygen atoms in total. The van der Waals surface area contributed by atoms with E-state index in [2.05, 4.69) is 50.2 Å². The third kappa shape index (κ3) is 4.61. The van der Waals surface area contributed by atoms with Gasteiger partial charge in [0.15, 0.2) is 0 Å². The normalized spacial score (nSPS) is 19.3. The van der Waals surface area contributed by atoms with Crippen LogP contribution in [0.15, 0.2) is 66.7 Å². The van der Waals surface area contributed by atoms with Crippen molar-refractivity contribution in [3.8, 4) is 22.3 Å². The lowest BCUT2D eigenvalue weighted by Gasteiger charge is -2.26. The Labute approximate surface area is 174 Å². The van der Waals surface area contributed by atoms with E-state index in [-0.39, 0.29) is 5.82 Å². The first-order chi connectivity index (χ1) is 14.1. The van der Waals surface area contributed by atoms with E-state index in [4.69, 9.17) is 0 Å². The number of hydrogen-bond donors (Lipinski definition) is 0. The summed E-state index contributed by atoms with van der Waals surface area (Å²) in [6.45, 7) is 4.53. The SMILES string of the molecule is CCCc1ccc(-c2ccc(-c3ccc(C4CCC(C)CC4)cc3)cc2F)cc1. The summed E-state index contributed by atoms with van der Waals surface area (Å²) < 4.78 is 14.9. The average Bonchev–Trinajstić information content (AvgIpc) is 2.75. The highest BCUT2D eigenvalue weighted by Crippen LogP contribution is 2.36. The molecule has 1 saturated carbocycles. The molecule has 0 N–H and O–H groups in total. The molecule has 1 aliphatic rings. The molecular formula is C28H31F. The molecule has 0 amide bonds. The minimum Gasteiger partial charge on any atom is -0.206 e. The van der Waals surface area contributed by atoms with Gasteiger partial charge in [-0.1, -0.05) is 93.8 Å². The first kappa shape index (κ1) is 19.9. The Morgan fingerprint density at radius 2 is 1.38 bits per heavy atom. The predicted octanol–water partition coefficient (Wildman–Crippen LogP) is 8.41. The molecule has 0 atom stereocenters. The van der Waals surface area contributed by atoms with Crippen LogP contribution in [0.4, 0.5) is 4.39 Å². The van der Waals surface area contributed by atoms with Crippen molar-refractivity contribution in [2.24, 2.45) is 5.92 Å². The number of halogens is 1. The molecule has 1 aliphatic carbocycles. The third-order valence-corrected chi connectivity index (χ3v) is 6.50. The van der Waals surface area contributed by atoms with Crippen molar-refractivity contribution >= 4 is 0 Å². The second-order valence-electron chi connectivity index (χ2n) is 8.72. The van der Waals surface area contributed by atoms with Crippen LogP contribution in [-0.4, -0.2) is 0 Å². The fraction of sp³-hybridized carbons (Fsp3) is 0.357. The molecule has 3 aromatic carbocycles. The molecule has 150 valence electrons. The van der Waals surface area contributed by atoms with Crippen LogP contribution in [-0.2, 0) is 6.42 Å². The Hall–Kier alpha value is -2.41. The maximum Gasteiger partial charge on any atom is 0.131 e. The molecule has 29 heavy (non-hydrogen) atoms. The van der Waals surface area contributed by atoms with Gasteiger partial charge in [0.25, 0.3) is 0 Å². The number of benzene rings is 3. The molecular weight excluding hydrogens is 355 g/mol. The summed E-state index contributed by atoms with van der Waals surface area (Å²) in [5.74, 6) is 1.40. The average molecular weight is 387 g/mol. The minimum atomic E-state index is -0.156. The van der Waals surface area contributed by atoms with Crippen LogP contribution in [0.2, 0.25) is 0 Å². The fourth-order valence-electron chi connectivity index (χ4n) is 4.61. The van der Waals surface area contributed by atoms with Crippen molar-refractivity contribution in [2.45, 2.75) is 58.3 Å². The minimum absolute atomic E-state index is 0.156. The van der Waals surface area contributed by atoms with E-state index in [1.807, 2.05) is 24.3 Å². The van der Waals surface area contributed by atoms with Gasteiger partial charge in [-0.05, 0) is 65.0 Å². The summed E-state index contributed by atoms with van der Waals surface area (Å²) >= 11 is 0. The third-order valence-electron chi connectivity index (χ3n) is 6.50. The van der Waals surface area contributed by atoms with Gasteiger partial charge < -0.3 is 0 Å². The molecule has 0 aromatic heterocycles. The van der Waals surface area contributed by atoms with Crippen molar-refractivity contribution in [1.82, 2.24) is 0 Å². The van der Waals surface area contributed by atoms with Gasteiger partial charge in [0.2, 0.25) is 0 Å². The molecule has 3 aromatic rings. The largest absolute Gasteiger partial charge is 0.206 e. The molecule has 4 rings (SSSR count). The van der Waals surface area contributed by atoms with Crippen LogP contribution in [0.1, 0.15) is 63.0 Å². The number of aryl methyl sites for hydroxylation is 1. The molecule has 0 radical (unpaired) electrons. The Morgan fingerprint density at radius 1 is 0.759 bits per heavy atom. The maximum absolute atomic E-state index is 14.9. The summed E-state index contributed by atoms with van der Waals surface area (Å²) in [5.41, 5.74) is 6.38. The Morgan fingerprint density at radius 3 is 2.00 bits per heavy atom. The summed E-state index contributed by atoms with van der Waals surface area (Å²) in [5, 5.41) is 0. The zero-order valence-corrected chi connectivity index (χ0v) is 17.6. The summed E-state index contributed by atoms with van der Waals surface area (Å²) in [4.78, 5) is 0. The lowest BCUT2D eigenvalue weighted by molar-refractivity contribution is 0.348. The highest BCUT2D eigenvalue weighted by atomic mass is 19.1. The second kappa shape index (κ2) is 8.95. The summed E-state index contributed by atoms with van der Waals surface area (Å²) in [6, 6.07) is 22.7. The zero-order valence-electron chi connectivity index (χ0n) is 17.6. The van der Waals surface area contributed by atoms with Crippen molar-refractivity contribution in [3.63, 3.8) is 0 Å². The van der Waals surface area contributed by atoms with Crippen molar-refractivity contribution in [2.75, 3.05) is 0 Å². The van der Waals surface area contributed by atoms with Crippen molar-refractivity contribution in [1.29, 1.82) is 0 Å². The monoisotopic (exact) mass is 386 g/mol. The summed E-state index contributed by atoms with van der Waals surface area (Å²) in [6.07, 6.45) is 7.44. The van der Waals surface area contributed by atoms with Crippen molar-refractivity contribution in [3.05, 3.63) is 83.7 Å². The molecule has 0 saturated heterocycles. The molecule has 0 heterocycles. The van der Waals surface area contributed by atoms with E-state index in [0.717, 1.165) is 35.4 Å². The fourth-order valence-corrected chi connectivity index (χ4v) is 4.61. The van der Waals surface area contributed by atoms with Crippen LogP contribution >= 0.6 is 0 Å². The Bertz CT molecular complexity index is 929. The first-order valence-electron chi connectivity index (χ1n) is 11.1. The van der Waals surface area contributed by atoms with E-state index in [1.165, 1.54) is 36.8 Å². The molecule has 1 heteroatoms. The van der Waals surface area contributed by atoms with E-state index < -0.39 is 0 Å². The molecule has 0 spiro atoms. The van der Waals surface area contributed by atoms with Gasteiger partial charge >= 0.3 is 0 Å². The second-order valence-corrected chi connectivity index (χ2v) is 8.72. The standard InChI is InChI=1S/C28H31F/c1-3-4-21-7-11-25(12-8-21)27-18-17-26(19-28(27)29)24-15-13-23(14-16-24)22-9-5-20(2)6-10-22/h7-8,11-20,22H,3-6,9-10H2,1-2H3. The molecule has 1 fully saturated rings. The highest BCUT2D eigenvalue weighted by molar-refractivity contribution is 5.71. The van der Waals surface area contributed by atoms with E-state index >= 15 is 0 Å². The van der Waals surface area contributed by atoms with Gasteiger partial charge in [0.05, 0.1) is 0 Å². The maximum atomic E-state index is 14.9. The Balaban J connectivity index is 1.51. The van der Waals surface area contributed by atoms with Crippen LogP contribution in [0.3, 0.4) is 0 Å². The Kier molecular flexibility index (Phi) is 6.13. The van der Waals surface area contributed by atoms with E-state index in [1.54, 1.807) is 6.07 Å². The predicted molar refractivity (Wildman–Crippen MR) is 122 cm³/mol. The number of hydrogen-bond acceptors (Lipinski definition) is 0. The molecule has 0 bridgehead atoms. The smallest absolute Gasteiger partial charge is 0.131 e. The van der Waals surface area contributed by atoms with Gasteiger partial charge in [0, 0.05) is 5.56 Å². The van der Waals surface area contributed by atoms with Crippen LogP contribution in [0.5, 0.6) is 0 Å². The lowest BCUT2D eigenvalue weighted by atomic mass is 9.79. The molecule has 0 aliphatic heterocycles. The van der Waals surface area contributed by atoms with Crippen LogP contribution < -0.4 is 0 Å². The van der Waals surface area contributed by atoms with Gasteiger partial charge in [-0.15, -0.1) is 0 Å². The van der Waals surface area contributed by atoms with Crippen LogP contribution in [0, 0.1) is 11.7 Å². The van der Waals surface area contributed by atoms with Gasteiger partial charge in [0.1, 0.15) is 5.82 Å². The summed E-state index contributed by atoms with van der Waals surface area (Å²) in [7, 11) is 0. The van der Waals surface area contributed by atoms with E-state index in [9.17, 15) is 4.39 Å². The number of rotatable bonds is 5. The molecule has 0 unspecified atom stereocenters. The van der Waals surface area contributed by atoms with Gasteiger partial charge in [-0.2, -0.15) is 0 Å². The highest BCUT2D eigenvalue weighted by Gasteiger charge is 2.19. The first-order valence-corrected chi connectivity index (χ1v) is 11.1.